The summed E-state index contributed by atoms with van der Waals surface area (Å²) in [6, 6.07) is 11.5. The molecule has 108 valence electrons. The Labute approximate surface area is 123 Å². The highest BCUT2D eigenvalue weighted by molar-refractivity contribution is 6.23. The number of ketones is 1. The Morgan fingerprint density at radius 3 is 2.52 bits per heavy atom. The van der Waals surface area contributed by atoms with Crippen molar-refractivity contribution in [1.82, 2.24) is 4.57 Å². The third-order valence-corrected chi connectivity index (χ3v) is 2.96. The molecule has 0 radical (unpaired) electrons. The summed E-state index contributed by atoms with van der Waals surface area (Å²) in [4.78, 5) is 24.0. The van der Waals surface area contributed by atoms with Crippen LogP contribution in [0.15, 0.2) is 60.0 Å². The van der Waals surface area contributed by atoms with Gasteiger partial charge in [0, 0.05) is 17.8 Å². The quantitative estimate of drug-likeness (QED) is 0.605. The molecule has 2 rings (SSSR count). The summed E-state index contributed by atoms with van der Waals surface area (Å²) < 4.78 is 6.71. The summed E-state index contributed by atoms with van der Waals surface area (Å²) in [5.74, 6) is 0.432. The van der Waals surface area contributed by atoms with Gasteiger partial charge >= 0.3 is 0 Å². The van der Waals surface area contributed by atoms with E-state index in [1.54, 1.807) is 36.4 Å². The molecular formula is C17H17NO3. The van der Waals surface area contributed by atoms with Gasteiger partial charge in [-0.05, 0) is 36.8 Å². The molecule has 0 fully saturated rings. The van der Waals surface area contributed by atoms with E-state index in [2.05, 4.69) is 6.58 Å². The normalized spacial score (nSPS) is 10.1. The molecule has 1 aromatic heterocycles. The largest absolute Gasteiger partial charge is 0.494 e. The average Bonchev–Trinajstić information content (AvgIpc) is 2.52. The van der Waals surface area contributed by atoms with Crippen molar-refractivity contribution in [1.29, 1.82) is 0 Å². The number of nitrogens with zero attached hydrogens (tertiary/aromatic N) is 1. The van der Waals surface area contributed by atoms with Gasteiger partial charge in [-0.1, -0.05) is 19.6 Å². The number of allylic oxidation sites excluding steroid dienone is 1. The average molecular weight is 283 g/mol. The first-order valence-electron chi connectivity index (χ1n) is 6.78. The van der Waals surface area contributed by atoms with E-state index in [9.17, 15) is 9.59 Å². The summed E-state index contributed by atoms with van der Waals surface area (Å²) in [6.45, 7) is 6.38. The fourth-order valence-corrected chi connectivity index (χ4v) is 1.85. The maximum atomic E-state index is 12.3. The van der Waals surface area contributed by atoms with Crippen molar-refractivity contribution in [2.75, 3.05) is 6.61 Å². The second kappa shape index (κ2) is 6.70. The number of rotatable bonds is 6. The lowest BCUT2D eigenvalue weighted by Crippen LogP contribution is -2.20. The van der Waals surface area contributed by atoms with Crippen LogP contribution in [-0.2, 0) is 0 Å². The zero-order valence-corrected chi connectivity index (χ0v) is 11.9. The Morgan fingerprint density at radius 1 is 1.19 bits per heavy atom. The highest BCUT2D eigenvalue weighted by Gasteiger charge is 2.12. The molecule has 0 spiro atoms. The van der Waals surface area contributed by atoms with E-state index >= 15 is 0 Å². The highest BCUT2D eigenvalue weighted by Crippen LogP contribution is 2.16. The molecule has 0 atom stereocenters. The predicted octanol–water partition coefficient (Wildman–Crippen LogP) is 2.99. The minimum absolute atomic E-state index is 0.128. The first-order chi connectivity index (χ1) is 10.1. The van der Waals surface area contributed by atoms with Crippen LogP contribution in [0.3, 0.4) is 0 Å². The Bertz CT molecular complexity index is 698. The van der Waals surface area contributed by atoms with E-state index in [-0.39, 0.29) is 17.0 Å². The summed E-state index contributed by atoms with van der Waals surface area (Å²) in [5, 5.41) is 0. The molecule has 1 aromatic carbocycles. The van der Waals surface area contributed by atoms with Gasteiger partial charge in [-0.2, -0.15) is 0 Å². The van der Waals surface area contributed by atoms with Crippen LogP contribution in [0.5, 0.6) is 5.75 Å². The monoisotopic (exact) mass is 283 g/mol. The molecule has 0 N–H and O–H groups in total. The first kappa shape index (κ1) is 14.8. The molecule has 4 nitrogen and oxygen atoms in total. The second-order valence-electron chi connectivity index (χ2n) is 4.56. The van der Waals surface area contributed by atoms with Crippen molar-refractivity contribution < 1.29 is 9.53 Å². The number of hydrogen-bond donors (Lipinski definition) is 0. The van der Waals surface area contributed by atoms with Crippen molar-refractivity contribution in [3.8, 4) is 5.75 Å². The van der Waals surface area contributed by atoms with Crippen LogP contribution in [0.25, 0.3) is 5.70 Å². The van der Waals surface area contributed by atoms with Gasteiger partial charge < -0.3 is 4.74 Å². The smallest absolute Gasteiger partial charge is 0.255 e. The molecule has 0 bridgehead atoms. The number of Topliss-reactive ketones (excluding diaryl/α,β-unsaturated/α-hetero) is 1. The van der Waals surface area contributed by atoms with E-state index in [1.165, 1.54) is 16.8 Å². The number of hydrogen-bond acceptors (Lipinski definition) is 3. The van der Waals surface area contributed by atoms with Crippen molar-refractivity contribution in [3.05, 3.63) is 71.2 Å². The van der Waals surface area contributed by atoms with Crippen LogP contribution < -0.4 is 10.3 Å². The van der Waals surface area contributed by atoms with Crippen LogP contribution in [0.2, 0.25) is 0 Å². The number of carbonyl (C=O) groups excluding carboxylic acids is 1. The van der Waals surface area contributed by atoms with E-state index in [4.69, 9.17) is 4.74 Å². The third-order valence-electron chi connectivity index (χ3n) is 2.96. The first-order valence-corrected chi connectivity index (χ1v) is 6.78. The van der Waals surface area contributed by atoms with Crippen molar-refractivity contribution in [3.63, 3.8) is 0 Å². The number of pyridine rings is 1. The zero-order chi connectivity index (χ0) is 15.2. The molecular weight excluding hydrogens is 266 g/mol. The maximum absolute atomic E-state index is 12.3. The molecule has 0 aliphatic heterocycles. The lowest BCUT2D eigenvalue weighted by molar-refractivity contribution is 0.105. The lowest BCUT2D eigenvalue weighted by atomic mass is 10.1. The number of aromatic nitrogens is 1. The second-order valence-corrected chi connectivity index (χ2v) is 4.56. The van der Waals surface area contributed by atoms with Gasteiger partial charge in [0.05, 0.1) is 12.3 Å². The molecule has 0 saturated carbocycles. The van der Waals surface area contributed by atoms with E-state index < -0.39 is 0 Å². The summed E-state index contributed by atoms with van der Waals surface area (Å²) in [5.41, 5.74) is 0.321. The van der Waals surface area contributed by atoms with E-state index in [1.807, 2.05) is 6.92 Å². The number of ether oxygens (including phenoxy) is 1. The SMILES string of the molecule is C=C(C(=O)c1ccc(OCCC)cc1)n1ccccc1=O. The molecule has 0 aliphatic rings. The van der Waals surface area contributed by atoms with E-state index in [0.717, 1.165) is 12.2 Å². The molecule has 0 amide bonds. The van der Waals surface area contributed by atoms with Crippen LogP contribution in [0.1, 0.15) is 23.7 Å². The number of benzene rings is 1. The molecule has 0 unspecified atom stereocenters. The molecule has 21 heavy (non-hydrogen) atoms. The van der Waals surface area contributed by atoms with Gasteiger partial charge in [-0.15, -0.1) is 0 Å². The Balaban J connectivity index is 2.18. The zero-order valence-electron chi connectivity index (χ0n) is 11.9. The maximum Gasteiger partial charge on any atom is 0.255 e. The van der Waals surface area contributed by atoms with Crippen LogP contribution in [0, 0.1) is 0 Å². The summed E-state index contributed by atoms with van der Waals surface area (Å²) >= 11 is 0. The molecule has 0 saturated heterocycles. The summed E-state index contributed by atoms with van der Waals surface area (Å²) in [7, 11) is 0. The molecule has 4 heteroatoms. The molecule has 1 heterocycles. The van der Waals surface area contributed by atoms with Gasteiger partial charge in [0.15, 0.2) is 0 Å². The topological polar surface area (TPSA) is 48.3 Å². The van der Waals surface area contributed by atoms with Crippen LogP contribution in [-0.4, -0.2) is 17.0 Å². The minimum Gasteiger partial charge on any atom is -0.494 e. The van der Waals surface area contributed by atoms with Crippen molar-refractivity contribution >= 4 is 11.5 Å². The van der Waals surface area contributed by atoms with Crippen LogP contribution in [0.4, 0.5) is 0 Å². The fourth-order valence-electron chi connectivity index (χ4n) is 1.85. The molecule has 2 aromatic rings. The minimum atomic E-state index is -0.287. The van der Waals surface area contributed by atoms with Gasteiger partial charge in [0.1, 0.15) is 5.75 Å². The number of carbonyl (C=O) groups is 1. The predicted molar refractivity (Wildman–Crippen MR) is 82.6 cm³/mol. The van der Waals surface area contributed by atoms with Gasteiger partial charge in [0.25, 0.3) is 5.56 Å². The summed E-state index contributed by atoms with van der Waals surface area (Å²) in [6.07, 6.45) is 2.45. The Morgan fingerprint density at radius 2 is 1.90 bits per heavy atom. The van der Waals surface area contributed by atoms with Crippen molar-refractivity contribution in [2.24, 2.45) is 0 Å². The van der Waals surface area contributed by atoms with Gasteiger partial charge in [-0.25, -0.2) is 0 Å². The standard InChI is InChI=1S/C17H17NO3/c1-3-12-21-15-9-7-14(8-10-15)17(20)13(2)18-11-5-4-6-16(18)19/h4-11H,2-3,12H2,1H3. The van der Waals surface area contributed by atoms with Crippen LogP contribution >= 0.6 is 0 Å². The molecule has 0 aliphatic carbocycles. The van der Waals surface area contributed by atoms with Gasteiger partial charge in [0.2, 0.25) is 5.78 Å². The highest BCUT2D eigenvalue weighted by atomic mass is 16.5. The third kappa shape index (κ3) is 3.48. The fraction of sp³-hybridized carbons (Fsp3) is 0.176. The Hall–Kier alpha value is -2.62. The van der Waals surface area contributed by atoms with Crippen molar-refractivity contribution in [2.45, 2.75) is 13.3 Å². The van der Waals surface area contributed by atoms with E-state index in [0.29, 0.717) is 12.2 Å². The Kier molecular flexibility index (Phi) is 4.72. The van der Waals surface area contributed by atoms with Gasteiger partial charge in [-0.3, -0.25) is 14.2 Å². The lowest BCUT2D eigenvalue weighted by Gasteiger charge is -2.09.